The molecule has 7 heteroatoms. The predicted octanol–water partition coefficient (Wildman–Crippen LogP) is 2.05. The first-order chi connectivity index (χ1) is 8.56. The molecule has 0 saturated heterocycles. The molecule has 0 fully saturated rings. The molecule has 1 aromatic heterocycles. The van der Waals surface area contributed by atoms with E-state index in [1.165, 1.54) is 0 Å². The lowest BCUT2D eigenvalue weighted by atomic mass is 10.3. The van der Waals surface area contributed by atoms with Gasteiger partial charge in [0.25, 0.3) is 0 Å². The summed E-state index contributed by atoms with van der Waals surface area (Å²) in [6.45, 7) is 0.0954. The minimum absolute atomic E-state index is 0.0937. The maximum Gasteiger partial charge on any atom is 0.311 e. The summed E-state index contributed by atoms with van der Waals surface area (Å²) in [4.78, 5) is 10.1. The smallest absolute Gasteiger partial charge is 0.311 e. The Morgan fingerprint density at radius 2 is 2.33 bits per heavy atom. The number of hydrogen-bond acceptors (Lipinski definition) is 4. The highest BCUT2D eigenvalue weighted by Gasteiger charge is 2.16. The number of halogens is 1. The van der Waals surface area contributed by atoms with Crippen molar-refractivity contribution < 1.29 is 14.1 Å². The zero-order valence-electron chi connectivity index (χ0n) is 9.54. The highest BCUT2D eigenvalue weighted by Crippen LogP contribution is 2.28. The normalized spacial score (nSPS) is 10.3. The molecule has 0 amide bonds. The molecule has 0 unspecified atom stereocenters. The molecular formula is C11H10FN3O3. The molecule has 0 spiro atoms. The second-order valence-corrected chi connectivity index (χ2v) is 3.68. The molecule has 0 aliphatic rings. The average molecular weight is 251 g/mol. The van der Waals surface area contributed by atoms with Gasteiger partial charge in [0.15, 0.2) is 5.75 Å². The first-order valence-electron chi connectivity index (χ1n) is 5.10. The van der Waals surface area contributed by atoms with Crippen LogP contribution in [-0.2, 0) is 13.7 Å². The third-order valence-electron chi connectivity index (χ3n) is 2.27. The molecule has 0 saturated carbocycles. The van der Waals surface area contributed by atoms with Gasteiger partial charge in [0.1, 0.15) is 12.4 Å². The van der Waals surface area contributed by atoms with Gasteiger partial charge in [0.2, 0.25) is 0 Å². The lowest BCUT2D eigenvalue weighted by Crippen LogP contribution is -1.99. The Bertz CT molecular complexity index is 583. The van der Waals surface area contributed by atoms with Crippen LogP contribution in [0, 0.1) is 15.9 Å². The molecule has 1 heterocycles. The number of aryl methyl sites for hydroxylation is 1. The van der Waals surface area contributed by atoms with E-state index in [1.54, 1.807) is 24.1 Å². The molecule has 18 heavy (non-hydrogen) atoms. The summed E-state index contributed by atoms with van der Waals surface area (Å²) in [6, 6.07) is 3.09. The summed E-state index contributed by atoms with van der Waals surface area (Å²) in [7, 11) is 1.74. The summed E-state index contributed by atoms with van der Waals surface area (Å²) in [5, 5.41) is 14.7. The van der Waals surface area contributed by atoms with Crippen LogP contribution >= 0.6 is 0 Å². The van der Waals surface area contributed by atoms with Crippen molar-refractivity contribution in [1.29, 1.82) is 0 Å². The SMILES string of the molecule is Cn1cc(COc2cc(F)ccc2[N+](=O)[O-])cn1. The molecule has 0 bridgehead atoms. The summed E-state index contributed by atoms with van der Waals surface area (Å²) < 4.78 is 19.8. The fourth-order valence-electron chi connectivity index (χ4n) is 1.46. The van der Waals surface area contributed by atoms with E-state index in [9.17, 15) is 14.5 Å². The van der Waals surface area contributed by atoms with Crippen molar-refractivity contribution in [3.05, 3.63) is 52.1 Å². The van der Waals surface area contributed by atoms with Crippen LogP contribution in [0.3, 0.4) is 0 Å². The summed E-state index contributed by atoms with van der Waals surface area (Å²) >= 11 is 0. The number of ether oxygens (including phenoxy) is 1. The van der Waals surface area contributed by atoms with Crippen LogP contribution in [0.2, 0.25) is 0 Å². The molecule has 1 aromatic carbocycles. The number of aromatic nitrogens is 2. The van der Waals surface area contributed by atoms with E-state index in [2.05, 4.69) is 5.10 Å². The Balaban J connectivity index is 2.17. The second-order valence-electron chi connectivity index (χ2n) is 3.68. The van der Waals surface area contributed by atoms with Crippen molar-refractivity contribution in [2.75, 3.05) is 0 Å². The van der Waals surface area contributed by atoms with Crippen LogP contribution < -0.4 is 4.74 Å². The first-order valence-corrected chi connectivity index (χ1v) is 5.10. The van der Waals surface area contributed by atoms with Crippen LogP contribution in [0.5, 0.6) is 5.75 Å². The van der Waals surface area contributed by atoms with Crippen molar-refractivity contribution in [2.24, 2.45) is 7.05 Å². The maximum atomic E-state index is 13.0. The van der Waals surface area contributed by atoms with E-state index >= 15 is 0 Å². The van der Waals surface area contributed by atoms with E-state index in [4.69, 9.17) is 4.74 Å². The number of nitro benzene ring substituents is 1. The van der Waals surface area contributed by atoms with Crippen LogP contribution in [-0.4, -0.2) is 14.7 Å². The van der Waals surface area contributed by atoms with Crippen molar-refractivity contribution in [2.45, 2.75) is 6.61 Å². The summed E-state index contributed by atoms with van der Waals surface area (Å²) in [6.07, 6.45) is 3.29. The van der Waals surface area contributed by atoms with Gasteiger partial charge in [-0.15, -0.1) is 0 Å². The zero-order chi connectivity index (χ0) is 13.1. The van der Waals surface area contributed by atoms with Crippen molar-refractivity contribution in [3.63, 3.8) is 0 Å². The van der Waals surface area contributed by atoms with Crippen LogP contribution in [0.4, 0.5) is 10.1 Å². The van der Waals surface area contributed by atoms with Gasteiger partial charge in [-0.1, -0.05) is 0 Å². The molecule has 2 rings (SSSR count). The Morgan fingerprint density at radius 1 is 1.56 bits per heavy atom. The number of nitrogens with zero attached hydrogens (tertiary/aromatic N) is 3. The highest BCUT2D eigenvalue weighted by molar-refractivity contribution is 5.46. The monoisotopic (exact) mass is 251 g/mol. The van der Waals surface area contributed by atoms with E-state index in [1.807, 2.05) is 0 Å². The van der Waals surface area contributed by atoms with Crippen LogP contribution in [0.1, 0.15) is 5.56 Å². The Labute approximate surface area is 102 Å². The zero-order valence-corrected chi connectivity index (χ0v) is 9.54. The number of rotatable bonds is 4. The van der Waals surface area contributed by atoms with Crippen LogP contribution in [0.25, 0.3) is 0 Å². The molecule has 0 radical (unpaired) electrons. The van der Waals surface area contributed by atoms with Gasteiger partial charge in [-0.25, -0.2) is 4.39 Å². The number of benzene rings is 1. The Morgan fingerprint density at radius 3 is 2.94 bits per heavy atom. The first kappa shape index (κ1) is 12.0. The van der Waals surface area contributed by atoms with E-state index < -0.39 is 10.7 Å². The molecule has 0 aliphatic carbocycles. The lowest BCUT2D eigenvalue weighted by molar-refractivity contribution is -0.386. The summed E-state index contributed by atoms with van der Waals surface area (Å²) in [5.41, 5.74) is 0.483. The lowest BCUT2D eigenvalue weighted by Gasteiger charge is -2.05. The topological polar surface area (TPSA) is 70.2 Å². The van der Waals surface area contributed by atoms with Crippen LogP contribution in [0.15, 0.2) is 30.6 Å². The molecule has 0 N–H and O–H groups in total. The largest absolute Gasteiger partial charge is 0.482 e. The standard InChI is InChI=1S/C11H10FN3O3/c1-14-6-8(5-13-14)7-18-11-4-9(12)2-3-10(11)15(16)17/h2-6H,7H2,1H3. The van der Waals surface area contributed by atoms with Gasteiger partial charge in [0, 0.05) is 30.9 Å². The van der Waals surface area contributed by atoms with Gasteiger partial charge < -0.3 is 4.74 Å². The van der Waals surface area contributed by atoms with Crippen molar-refractivity contribution in [1.82, 2.24) is 9.78 Å². The minimum atomic E-state index is -0.613. The molecule has 94 valence electrons. The summed E-state index contributed by atoms with van der Waals surface area (Å²) in [5.74, 6) is -0.675. The quantitative estimate of drug-likeness (QED) is 0.616. The van der Waals surface area contributed by atoms with Gasteiger partial charge in [-0.2, -0.15) is 5.10 Å². The van der Waals surface area contributed by atoms with Gasteiger partial charge in [-0.3, -0.25) is 14.8 Å². The minimum Gasteiger partial charge on any atom is -0.482 e. The maximum absolute atomic E-state index is 13.0. The van der Waals surface area contributed by atoms with Gasteiger partial charge in [-0.05, 0) is 6.07 Å². The van der Waals surface area contributed by atoms with E-state index in [0.29, 0.717) is 0 Å². The average Bonchev–Trinajstić information content (AvgIpc) is 2.72. The third-order valence-corrected chi connectivity index (χ3v) is 2.27. The molecule has 0 atom stereocenters. The molecule has 6 nitrogen and oxygen atoms in total. The van der Waals surface area contributed by atoms with E-state index in [-0.39, 0.29) is 18.0 Å². The highest BCUT2D eigenvalue weighted by atomic mass is 19.1. The van der Waals surface area contributed by atoms with Gasteiger partial charge >= 0.3 is 5.69 Å². The number of nitro groups is 1. The fraction of sp³-hybridized carbons (Fsp3) is 0.182. The molecular weight excluding hydrogens is 241 g/mol. The van der Waals surface area contributed by atoms with Crippen molar-refractivity contribution in [3.8, 4) is 5.75 Å². The Kier molecular flexibility index (Phi) is 3.22. The Hall–Kier alpha value is -2.44. The van der Waals surface area contributed by atoms with E-state index in [0.717, 1.165) is 23.8 Å². The predicted molar refractivity (Wildman–Crippen MR) is 60.6 cm³/mol. The molecule has 0 aliphatic heterocycles. The number of hydrogen-bond donors (Lipinski definition) is 0. The molecule has 2 aromatic rings. The van der Waals surface area contributed by atoms with Crippen molar-refractivity contribution >= 4 is 5.69 Å². The fourth-order valence-corrected chi connectivity index (χ4v) is 1.46. The third kappa shape index (κ3) is 2.62. The van der Waals surface area contributed by atoms with Gasteiger partial charge in [0.05, 0.1) is 11.1 Å². The second kappa shape index (κ2) is 4.82.